The highest BCUT2D eigenvalue weighted by molar-refractivity contribution is 7.80. The van der Waals surface area contributed by atoms with Crippen molar-refractivity contribution in [1.82, 2.24) is 0 Å². The lowest BCUT2D eigenvalue weighted by Crippen LogP contribution is -2.35. The van der Waals surface area contributed by atoms with Crippen LogP contribution in [-0.2, 0) is 11.2 Å². The molecule has 0 fully saturated rings. The second kappa shape index (κ2) is 6.60. The molecule has 0 aliphatic heterocycles. The van der Waals surface area contributed by atoms with Gasteiger partial charge < -0.3 is 26.8 Å². The van der Waals surface area contributed by atoms with Gasteiger partial charge in [-0.1, -0.05) is 6.07 Å². The number of phenols is 2. The predicted molar refractivity (Wildman–Crippen MR) is 75.2 cm³/mol. The van der Waals surface area contributed by atoms with Gasteiger partial charge in [0.25, 0.3) is 0 Å². The largest absolute Gasteiger partial charge is 0.504 e. The van der Waals surface area contributed by atoms with Gasteiger partial charge in [-0.3, -0.25) is 9.59 Å². The molecule has 0 aliphatic carbocycles. The van der Waals surface area contributed by atoms with Crippen LogP contribution in [0.5, 0.6) is 11.5 Å². The fraction of sp³-hybridized carbons (Fsp3) is 0.333. The molecule has 0 spiro atoms. The maximum Gasteiger partial charge on any atom is 0.320 e. The van der Waals surface area contributed by atoms with Crippen molar-refractivity contribution in [3.8, 4) is 11.5 Å². The third-order valence-electron chi connectivity index (χ3n) is 2.78. The van der Waals surface area contributed by atoms with Gasteiger partial charge in [0.15, 0.2) is 17.3 Å². The van der Waals surface area contributed by atoms with Crippen molar-refractivity contribution in [2.24, 2.45) is 11.5 Å². The van der Waals surface area contributed by atoms with Crippen molar-refractivity contribution in [3.05, 3.63) is 23.3 Å². The van der Waals surface area contributed by atoms with Crippen molar-refractivity contribution in [3.63, 3.8) is 0 Å². The van der Waals surface area contributed by atoms with E-state index < -0.39 is 35.3 Å². The Kier molecular flexibility index (Phi) is 5.37. The number of carboxylic acids is 1. The fourth-order valence-corrected chi connectivity index (χ4v) is 1.83. The summed E-state index contributed by atoms with van der Waals surface area (Å²) < 4.78 is 0. The summed E-state index contributed by atoms with van der Waals surface area (Å²) in [5.74, 6) is -2.97. The Hall–Kier alpha value is -1.77. The van der Waals surface area contributed by atoms with Gasteiger partial charge in [0.1, 0.15) is 6.04 Å². The molecule has 110 valence electrons. The molecule has 1 unspecified atom stereocenters. The van der Waals surface area contributed by atoms with Crippen LogP contribution >= 0.6 is 12.6 Å². The standard InChI is InChI=1S/C12H16N2O5S/c13-6(12(18)19)3-5-1-2-8(15)11(17)9(5)10(16)7(14)4-20/h1-2,6-7,15,17,20H,3-4,13-14H2,(H,18,19)/t6?,7-/m1/s1. The number of Topliss-reactive ketones (excluding diaryl/α,β-unsaturated/α-hetero) is 1. The first-order chi connectivity index (χ1) is 9.29. The summed E-state index contributed by atoms with van der Waals surface area (Å²) in [6.07, 6.45) is -0.177. The van der Waals surface area contributed by atoms with Crippen LogP contribution < -0.4 is 11.5 Å². The number of aliphatic carboxylic acids is 1. The molecule has 2 atom stereocenters. The molecule has 1 aromatic rings. The highest BCUT2D eigenvalue weighted by Crippen LogP contribution is 2.32. The van der Waals surface area contributed by atoms with E-state index in [0.29, 0.717) is 0 Å². The number of carbonyl (C=O) groups excluding carboxylic acids is 1. The Bertz CT molecular complexity index is 535. The zero-order valence-electron chi connectivity index (χ0n) is 10.5. The maximum absolute atomic E-state index is 12.1. The summed E-state index contributed by atoms with van der Waals surface area (Å²) in [4.78, 5) is 22.9. The molecule has 0 bridgehead atoms. The van der Waals surface area contributed by atoms with Crippen LogP contribution in [0.15, 0.2) is 12.1 Å². The molecule has 0 saturated heterocycles. The molecule has 1 rings (SSSR count). The maximum atomic E-state index is 12.1. The fourth-order valence-electron chi connectivity index (χ4n) is 1.66. The summed E-state index contributed by atoms with van der Waals surface area (Å²) in [6, 6.07) is 0.266. The van der Waals surface area contributed by atoms with E-state index >= 15 is 0 Å². The van der Waals surface area contributed by atoms with Crippen LogP contribution in [0.2, 0.25) is 0 Å². The minimum atomic E-state index is -1.24. The third-order valence-corrected chi connectivity index (χ3v) is 3.17. The third kappa shape index (κ3) is 3.41. The SMILES string of the molecule is NC(Cc1ccc(O)c(O)c1C(=O)[C@H](N)CS)C(=O)O. The van der Waals surface area contributed by atoms with Gasteiger partial charge >= 0.3 is 5.97 Å². The number of ketones is 1. The number of carboxylic acid groups (broad SMARTS) is 1. The van der Waals surface area contributed by atoms with Crippen LogP contribution in [0, 0.1) is 0 Å². The van der Waals surface area contributed by atoms with Gasteiger partial charge in [0, 0.05) is 5.75 Å². The normalized spacial score (nSPS) is 13.8. The van der Waals surface area contributed by atoms with E-state index in [-0.39, 0.29) is 23.3 Å². The molecule has 1 aromatic carbocycles. The van der Waals surface area contributed by atoms with Crippen molar-refractivity contribution in [2.45, 2.75) is 18.5 Å². The van der Waals surface area contributed by atoms with E-state index in [1.165, 1.54) is 6.07 Å². The lowest BCUT2D eigenvalue weighted by atomic mass is 9.94. The van der Waals surface area contributed by atoms with E-state index in [4.69, 9.17) is 16.6 Å². The first-order valence-electron chi connectivity index (χ1n) is 5.72. The highest BCUT2D eigenvalue weighted by atomic mass is 32.1. The second-order valence-electron chi connectivity index (χ2n) is 4.27. The number of phenolic OH excluding ortho intramolecular Hbond substituents is 2. The van der Waals surface area contributed by atoms with E-state index in [0.717, 1.165) is 6.07 Å². The monoisotopic (exact) mass is 300 g/mol. The van der Waals surface area contributed by atoms with Gasteiger partial charge in [-0.15, -0.1) is 0 Å². The molecule has 0 aliphatic rings. The Morgan fingerprint density at radius 1 is 1.20 bits per heavy atom. The van der Waals surface area contributed by atoms with Crippen molar-refractivity contribution >= 4 is 24.4 Å². The van der Waals surface area contributed by atoms with Crippen molar-refractivity contribution in [2.75, 3.05) is 5.75 Å². The van der Waals surface area contributed by atoms with Gasteiger partial charge in [-0.2, -0.15) is 12.6 Å². The Labute approximate surface area is 120 Å². The molecule has 0 aromatic heterocycles. The molecule has 0 saturated carbocycles. The molecule has 0 amide bonds. The van der Waals surface area contributed by atoms with E-state index in [9.17, 15) is 19.8 Å². The van der Waals surface area contributed by atoms with Gasteiger partial charge in [0.2, 0.25) is 0 Å². The Balaban J connectivity index is 3.28. The van der Waals surface area contributed by atoms with Gasteiger partial charge in [-0.25, -0.2) is 0 Å². The van der Waals surface area contributed by atoms with Crippen LogP contribution in [0.4, 0.5) is 0 Å². The molecule has 0 radical (unpaired) electrons. The van der Waals surface area contributed by atoms with Crippen LogP contribution in [0.3, 0.4) is 0 Å². The lowest BCUT2D eigenvalue weighted by molar-refractivity contribution is -0.138. The summed E-state index contributed by atoms with van der Waals surface area (Å²) in [6.45, 7) is 0. The van der Waals surface area contributed by atoms with E-state index in [2.05, 4.69) is 12.6 Å². The molecule has 7 nitrogen and oxygen atoms in total. The average molecular weight is 300 g/mol. The number of benzene rings is 1. The molecular weight excluding hydrogens is 284 g/mol. The number of carbonyl (C=O) groups is 2. The number of hydrogen-bond acceptors (Lipinski definition) is 7. The smallest absolute Gasteiger partial charge is 0.320 e. The minimum Gasteiger partial charge on any atom is -0.504 e. The lowest BCUT2D eigenvalue weighted by Gasteiger charge is -2.16. The van der Waals surface area contributed by atoms with E-state index in [1.54, 1.807) is 0 Å². The summed E-state index contributed by atoms with van der Waals surface area (Å²) in [5.41, 5.74) is 11.0. The van der Waals surface area contributed by atoms with Gasteiger partial charge in [0.05, 0.1) is 11.6 Å². The molecule has 7 N–H and O–H groups in total. The zero-order valence-corrected chi connectivity index (χ0v) is 11.4. The topological polar surface area (TPSA) is 147 Å². The number of aromatic hydroxyl groups is 2. The Morgan fingerprint density at radius 3 is 2.30 bits per heavy atom. The summed E-state index contributed by atoms with van der Waals surface area (Å²) >= 11 is 3.89. The summed E-state index contributed by atoms with van der Waals surface area (Å²) in [7, 11) is 0. The zero-order chi connectivity index (χ0) is 15.4. The van der Waals surface area contributed by atoms with Crippen LogP contribution in [0.25, 0.3) is 0 Å². The highest BCUT2D eigenvalue weighted by Gasteiger charge is 2.25. The first kappa shape index (κ1) is 16.3. The summed E-state index contributed by atoms with van der Waals surface area (Å²) in [5, 5.41) is 28.1. The van der Waals surface area contributed by atoms with Gasteiger partial charge in [-0.05, 0) is 18.1 Å². The molecular formula is C12H16N2O5S. The Morgan fingerprint density at radius 2 is 1.80 bits per heavy atom. The minimum absolute atomic E-state index is 0.0400. The number of rotatable bonds is 6. The second-order valence-corrected chi connectivity index (χ2v) is 4.63. The van der Waals surface area contributed by atoms with Crippen molar-refractivity contribution < 1.29 is 24.9 Å². The van der Waals surface area contributed by atoms with E-state index in [1.807, 2.05) is 0 Å². The van der Waals surface area contributed by atoms with Crippen molar-refractivity contribution in [1.29, 1.82) is 0 Å². The predicted octanol–water partition coefficient (Wildman–Crippen LogP) is -0.508. The van der Waals surface area contributed by atoms with Crippen LogP contribution in [0.1, 0.15) is 15.9 Å². The molecule has 20 heavy (non-hydrogen) atoms. The average Bonchev–Trinajstić information content (AvgIpc) is 2.41. The number of thiol groups is 1. The van der Waals surface area contributed by atoms with Crippen LogP contribution in [-0.4, -0.2) is 44.9 Å². The number of nitrogens with two attached hydrogens (primary N) is 2. The number of hydrogen-bond donors (Lipinski definition) is 6. The molecule has 8 heteroatoms. The first-order valence-corrected chi connectivity index (χ1v) is 6.35. The quantitative estimate of drug-likeness (QED) is 0.235. The molecule has 0 heterocycles.